The van der Waals surface area contributed by atoms with Crippen LogP contribution < -0.4 is 11.5 Å². The Morgan fingerprint density at radius 1 is 1.19 bits per heavy atom. The van der Waals surface area contributed by atoms with Gasteiger partial charge in [0, 0.05) is 22.8 Å². The SMILES string of the molecule is CSC.Nc1ccc(-c2c(F)cc3[nH]cc(-c4noc(=O)[nH]4)c3c2F)cc1. The van der Waals surface area contributed by atoms with Crippen molar-refractivity contribution in [1.29, 1.82) is 0 Å². The number of hydrogen-bond acceptors (Lipinski definition) is 5. The molecule has 0 amide bonds. The van der Waals surface area contributed by atoms with Gasteiger partial charge in [0.15, 0.2) is 5.82 Å². The van der Waals surface area contributed by atoms with Crippen LogP contribution in [-0.2, 0) is 0 Å². The van der Waals surface area contributed by atoms with E-state index in [0.717, 1.165) is 0 Å². The smallest absolute Gasteiger partial charge is 0.399 e. The fourth-order valence-electron chi connectivity index (χ4n) is 2.67. The molecule has 0 aliphatic rings. The van der Waals surface area contributed by atoms with Crippen molar-refractivity contribution in [3.8, 4) is 22.5 Å². The van der Waals surface area contributed by atoms with Gasteiger partial charge in [-0.1, -0.05) is 17.3 Å². The van der Waals surface area contributed by atoms with E-state index in [1.165, 1.54) is 24.4 Å². The van der Waals surface area contributed by atoms with E-state index < -0.39 is 17.4 Å². The van der Waals surface area contributed by atoms with Gasteiger partial charge >= 0.3 is 5.76 Å². The van der Waals surface area contributed by atoms with Gasteiger partial charge in [0.25, 0.3) is 0 Å². The standard InChI is InChI=1S/C16H10F2N4O2.C2H6S/c17-10-5-11-13(9(6-20-11)15-21-16(23)24-22-15)14(18)12(10)7-1-3-8(19)4-2-7;1-3-2/h1-6,20H,19H2,(H,21,22,23);1-2H3. The number of thioether (sulfide) groups is 1. The molecule has 0 bridgehead atoms. The maximum absolute atomic E-state index is 15.1. The minimum atomic E-state index is -0.769. The lowest BCUT2D eigenvalue weighted by atomic mass is 10.0. The van der Waals surface area contributed by atoms with E-state index in [1.54, 1.807) is 23.9 Å². The summed E-state index contributed by atoms with van der Waals surface area (Å²) in [6.45, 7) is 0. The number of halogens is 2. The third-order valence-electron chi connectivity index (χ3n) is 3.75. The third kappa shape index (κ3) is 3.59. The molecule has 4 N–H and O–H groups in total. The average molecular weight is 390 g/mol. The van der Waals surface area contributed by atoms with Crippen LogP contribution in [0.25, 0.3) is 33.4 Å². The topological polar surface area (TPSA) is 101 Å². The van der Waals surface area contributed by atoms with Crippen LogP contribution in [0.1, 0.15) is 0 Å². The Hall–Kier alpha value is -3.07. The van der Waals surface area contributed by atoms with Crippen LogP contribution in [0.15, 0.2) is 45.8 Å². The van der Waals surface area contributed by atoms with E-state index in [1.807, 2.05) is 12.5 Å². The molecular formula is C18H16F2N4O2S. The average Bonchev–Trinajstić information content (AvgIpc) is 3.23. The molecule has 0 fully saturated rings. The number of nitrogen functional groups attached to an aromatic ring is 1. The highest BCUT2D eigenvalue weighted by atomic mass is 32.2. The Labute approximate surface area is 156 Å². The summed E-state index contributed by atoms with van der Waals surface area (Å²) >= 11 is 1.75. The summed E-state index contributed by atoms with van der Waals surface area (Å²) in [7, 11) is 0. The monoisotopic (exact) mass is 390 g/mol. The number of fused-ring (bicyclic) bond motifs is 1. The minimum Gasteiger partial charge on any atom is -0.399 e. The summed E-state index contributed by atoms with van der Waals surface area (Å²) < 4.78 is 33.9. The van der Waals surface area contributed by atoms with E-state index in [4.69, 9.17) is 5.73 Å². The van der Waals surface area contributed by atoms with Gasteiger partial charge in [-0.05, 0) is 36.3 Å². The van der Waals surface area contributed by atoms with Crippen LogP contribution in [0.4, 0.5) is 14.5 Å². The molecule has 0 spiro atoms. The Balaban J connectivity index is 0.000000659. The second-order valence-corrected chi connectivity index (χ2v) is 6.46. The molecular weight excluding hydrogens is 374 g/mol. The van der Waals surface area contributed by atoms with Gasteiger partial charge in [-0.25, -0.2) is 13.6 Å². The molecule has 0 saturated carbocycles. The minimum absolute atomic E-state index is 0.0556. The van der Waals surface area contributed by atoms with Gasteiger partial charge in [-0.2, -0.15) is 11.8 Å². The number of aromatic nitrogens is 3. The summed E-state index contributed by atoms with van der Waals surface area (Å²) in [6.07, 6.45) is 5.51. The van der Waals surface area contributed by atoms with E-state index in [9.17, 15) is 9.18 Å². The van der Waals surface area contributed by atoms with E-state index in [-0.39, 0.29) is 27.9 Å². The zero-order chi connectivity index (χ0) is 19.6. The maximum atomic E-state index is 15.1. The van der Waals surface area contributed by atoms with E-state index >= 15 is 4.39 Å². The van der Waals surface area contributed by atoms with Crippen molar-refractivity contribution in [2.45, 2.75) is 0 Å². The molecule has 4 rings (SSSR count). The van der Waals surface area contributed by atoms with Gasteiger partial charge in [0.1, 0.15) is 11.6 Å². The quantitative estimate of drug-likeness (QED) is 0.449. The van der Waals surface area contributed by atoms with Crippen molar-refractivity contribution in [2.24, 2.45) is 0 Å². The highest BCUT2D eigenvalue weighted by Crippen LogP contribution is 2.36. The second-order valence-electron chi connectivity index (χ2n) is 5.65. The first-order valence-corrected chi connectivity index (χ1v) is 9.41. The Kier molecular flexibility index (Phi) is 5.31. The van der Waals surface area contributed by atoms with Gasteiger partial charge in [-0.3, -0.25) is 9.51 Å². The first-order valence-electron chi connectivity index (χ1n) is 7.77. The van der Waals surface area contributed by atoms with Crippen molar-refractivity contribution in [1.82, 2.24) is 15.1 Å². The first kappa shape index (κ1) is 18.7. The number of rotatable bonds is 2. The summed E-state index contributed by atoms with van der Waals surface area (Å²) in [5.74, 6) is -2.19. The molecule has 9 heteroatoms. The van der Waals surface area contributed by atoms with Crippen LogP contribution in [0.2, 0.25) is 0 Å². The van der Waals surface area contributed by atoms with Crippen molar-refractivity contribution in [2.75, 3.05) is 18.2 Å². The van der Waals surface area contributed by atoms with Gasteiger partial charge in [-0.15, -0.1) is 0 Å². The van der Waals surface area contributed by atoms with Crippen molar-refractivity contribution in [3.63, 3.8) is 0 Å². The summed E-state index contributed by atoms with van der Waals surface area (Å²) in [5.41, 5.74) is 6.77. The number of H-pyrrole nitrogens is 2. The molecule has 2 aromatic heterocycles. The summed E-state index contributed by atoms with van der Waals surface area (Å²) in [4.78, 5) is 16.2. The number of nitrogens with two attached hydrogens (primary N) is 1. The fourth-order valence-corrected chi connectivity index (χ4v) is 2.67. The zero-order valence-electron chi connectivity index (χ0n) is 14.5. The lowest BCUT2D eigenvalue weighted by molar-refractivity contribution is 0.388. The number of aromatic amines is 2. The fraction of sp³-hybridized carbons (Fsp3) is 0.111. The van der Waals surface area contributed by atoms with Crippen LogP contribution in [0.3, 0.4) is 0 Å². The first-order chi connectivity index (χ1) is 13.0. The molecule has 0 aliphatic carbocycles. The molecule has 140 valence electrons. The summed E-state index contributed by atoms with van der Waals surface area (Å²) in [6, 6.07) is 7.38. The molecule has 4 aromatic rings. The third-order valence-corrected chi connectivity index (χ3v) is 3.75. The molecule has 0 saturated heterocycles. The predicted octanol–water partition coefficient (Wildman–Crippen LogP) is 4.02. The second kappa shape index (κ2) is 7.67. The van der Waals surface area contributed by atoms with Gasteiger partial charge in [0.2, 0.25) is 0 Å². The van der Waals surface area contributed by atoms with Crippen LogP contribution in [0, 0.1) is 11.6 Å². The van der Waals surface area contributed by atoms with Crippen LogP contribution >= 0.6 is 11.8 Å². The molecule has 0 radical (unpaired) electrons. The molecule has 0 unspecified atom stereocenters. The molecule has 2 aromatic carbocycles. The van der Waals surface area contributed by atoms with Gasteiger partial charge < -0.3 is 10.7 Å². The van der Waals surface area contributed by atoms with Crippen LogP contribution in [-0.4, -0.2) is 27.6 Å². The summed E-state index contributed by atoms with van der Waals surface area (Å²) in [5, 5.41) is 3.65. The van der Waals surface area contributed by atoms with Crippen molar-refractivity contribution >= 4 is 28.4 Å². The molecule has 0 atom stereocenters. The van der Waals surface area contributed by atoms with Crippen LogP contribution in [0.5, 0.6) is 0 Å². The number of nitrogens with one attached hydrogen (secondary N) is 2. The maximum Gasteiger partial charge on any atom is 0.439 e. The Bertz CT molecular complexity index is 1130. The van der Waals surface area contributed by atoms with E-state index in [0.29, 0.717) is 11.3 Å². The van der Waals surface area contributed by atoms with Crippen molar-refractivity contribution in [3.05, 3.63) is 58.7 Å². The van der Waals surface area contributed by atoms with Gasteiger partial charge in [0.05, 0.1) is 11.1 Å². The molecule has 27 heavy (non-hydrogen) atoms. The lowest BCUT2D eigenvalue weighted by Gasteiger charge is -2.08. The number of anilines is 1. The molecule has 0 aliphatic heterocycles. The largest absolute Gasteiger partial charge is 0.439 e. The zero-order valence-corrected chi connectivity index (χ0v) is 15.3. The molecule has 2 heterocycles. The number of benzene rings is 2. The number of hydrogen-bond donors (Lipinski definition) is 3. The molecule has 6 nitrogen and oxygen atoms in total. The Morgan fingerprint density at radius 3 is 2.44 bits per heavy atom. The lowest BCUT2D eigenvalue weighted by Crippen LogP contribution is -1.96. The normalized spacial score (nSPS) is 10.7. The van der Waals surface area contributed by atoms with E-state index in [2.05, 4.69) is 19.6 Å². The highest BCUT2D eigenvalue weighted by molar-refractivity contribution is 7.97. The Morgan fingerprint density at radius 2 is 1.85 bits per heavy atom. The number of nitrogens with zero attached hydrogens (tertiary/aromatic N) is 1. The highest BCUT2D eigenvalue weighted by Gasteiger charge is 2.21. The van der Waals surface area contributed by atoms with Crippen molar-refractivity contribution < 1.29 is 13.3 Å². The predicted molar refractivity (Wildman–Crippen MR) is 104 cm³/mol.